The first kappa shape index (κ1) is 20.9. The third-order valence-electron chi connectivity index (χ3n) is 5.67. The van der Waals surface area contributed by atoms with Crippen LogP contribution in [0.4, 0.5) is 30.5 Å². The number of nitrogens with zero attached hydrogens (tertiary/aromatic N) is 5. The largest absolute Gasteiger partial charge is 0.416 e. The van der Waals surface area contributed by atoms with Gasteiger partial charge in [0.2, 0.25) is 5.95 Å². The van der Waals surface area contributed by atoms with E-state index in [1.807, 2.05) is 6.07 Å². The van der Waals surface area contributed by atoms with Crippen LogP contribution in [0, 0.1) is 13.8 Å². The summed E-state index contributed by atoms with van der Waals surface area (Å²) in [5, 5.41) is 5.54. The van der Waals surface area contributed by atoms with Crippen molar-refractivity contribution in [3.8, 4) is 16.9 Å². The smallest absolute Gasteiger partial charge is 0.324 e. The quantitative estimate of drug-likeness (QED) is 0.264. The molecule has 0 aliphatic rings. The zero-order valence-electron chi connectivity index (χ0n) is 24.3. The van der Waals surface area contributed by atoms with E-state index in [0.29, 0.717) is 11.4 Å². The van der Waals surface area contributed by atoms with Crippen molar-refractivity contribution in [1.29, 1.82) is 0 Å². The van der Waals surface area contributed by atoms with E-state index in [1.165, 1.54) is 18.2 Å². The van der Waals surface area contributed by atoms with Gasteiger partial charge in [-0.3, -0.25) is 9.78 Å². The average molecular weight is 534 g/mol. The molecule has 0 saturated carbocycles. The van der Waals surface area contributed by atoms with Crippen molar-refractivity contribution < 1.29 is 23.4 Å². The second-order valence-electron chi connectivity index (χ2n) is 8.46. The number of benzene rings is 2. The van der Waals surface area contributed by atoms with Gasteiger partial charge in [0.15, 0.2) is 0 Å². The van der Waals surface area contributed by atoms with Crippen LogP contribution in [0.25, 0.3) is 16.9 Å². The van der Waals surface area contributed by atoms with Gasteiger partial charge in [-0.1, -0.05) is 6.07 Å². The summed E-state index contributed by atoms with van der Waals surface area (Å²) in [6.07, 6.45) is 0.430. The number of aromatic nitrogens is 5. The predicted molar refractivity (Wildman–Crippen MR) is 141 cm³/mol. The zero-order chi connectivity index (χ0) is 30.9. The van der Waals surface area contributed by atoms with Crippen LogP contribution in [-0.2, 0) is 6.18 Å². The number of hydrogen-bond acceptors (Lipinski definition) is 6. The lowest BCUT2D eigenvalue weighted by atomic mass is 10.1. The zero-order valence-corrected chi connectivity index (χ0v) is 20.3. The molecule has 5 rings (SSSR count). The second-order valence-corrected chi connectivity index (χ2v) is 8.46. The van der Waals surface area contributed by atoms with E-state index < -0.39 is 36.4 Å². The number of pyridine rings is 1. The van der Waals surface area contributed by atoms with Gasteiger partial charge in [-0.2, -0.15) is 13.2 Å². The molecule has 39 heavy (non-hydrogen) atoms. The molecule has 0 aliphatic carbocycles. The van der Waals surface area contributed by atoms with Crippen LogP contribution in [0.3, 0.4) is 0 Å². The maximum atomic E-state index is 13.8. The van der Waals surface area contributed by atoms with Gasteiger partial charge >= 0.3 is 6.18 Å². The summed E-state index contributed by atoms with van der Waals surface area (Å²) in [6.45, 7) is -0.936. The lowest BCUT2D eigenvalue weighted by Gasteiger charge is -2.14. The molecule has 0 bridgehead atoms. The fourth-order valence-corrected chi connectivity index (χ4v) is 3.72. The van der Waals surface area contributed by atoms with Gasteiger partial charge in [0.25, 0.3) is 5.91 Å². The molecule has 0 spiro atoms. The first-order chi connectivity index (χ1) is 20.3. The molecule has 0 radical (unpaired) electrons. The van der Waals surface area contributed by atoms with E-state index >= 15 is 0 Å². The Bertz CT molecular complexity index is 1810. The molecule has 5 aromatic rings. The highest BCUT2D eigenvalue weighted by Crippen LogP contribution is 2.33. The molecule has 0 atom stereocenters. The number of carbonyl (C=O) groups is 1. The number of rotatable bonds is 6. The highest BCUT2D eigenvalue weighted by atomic mass is 19.4. The van der Waals surface area contributed by atoms with Crippen molar-refractivity contribution in [3.05, 3.63) is 108 Å². The van der Waals surface area contributed by atoms with Crippen LogP contribution in [-0.4, -0.2) is 30.4 Å². The van der Waals surface area contributed by atoms with Gasteiger partial charge in [-0.05, 0) is 67.9 Å². The number of imidazole rings is 1. The molecular weight excluding hydrogens is 507 g/mol. The topological polar surface area (TPSA) is 97.6 Å². The second kappa shape index (κ2) is 10.4. The van der Waals surface area contributed by atoms with Crippen molar-refractivity contribution in [3.63, 3.8) is 0 Å². The highest BCUT2D eigenvalue weighted by Gasteiger charge is 2.31. The molecule has 196 valence electrons. The number of carbonyl (C=O) groups excluding carboxylic acids is 1. The Morgan fingerprint density at radius 2 is 1.95 bits per heavy atom. The molecule has 1 amide bonds. The summed E-state index contributed by atoms with van der Waals surface area (Å²) in [7, 11) is 0. The maximum absolute atomic E-state index is 13.8. The van der Waals surface area contributed by atoms with Crippen molar-refractivity contribution in [2.24, 2.45) is 0 Å². The summed E-state index contributed by atoms with van der Waals surface area (Å²) in [4.78, 5) is 29.7. The third kappa shape index (κ3) is 5.93. The predicted octanol–water partition coefficient (Wildman–Crippen LogP) is 6.36. The molecule has 0 saturated heterocycles. The maximum Gasteiger partial charge on any atom is 0.416 e. The van der Waals surface area contributed by atoms with Crippen molar-refractivity contribution in [2.45, 2.75) is 20.0 Å². The number of anilines is 3. The molecule has 0 fully saturated rings. The van der Waals surface area contributed by atoms with Crippen molar-refractivity contribution >= 4 is 23.2 Å². The summed E-state index contributed by atoms with van der Waals surface area (Å²) >= 11 is 0. The molecule has 2 aromatic carbocycles. The summed E-state index contributed by atoms with van der Waals surface area (Å²) in [6, 6.07) is 12.7. The molecule has 3 heterocycles. The lowest BCUT2D eigenvalue weighted by molar-refractivity contribution is -0.137. The van der Waals surface area contributed by atoms with E-state index in [4.69, 9.17) is 5.48 Å². The van der Waals surface area contributed by atoms with Gasteiger partial charge in [0.05, 0.1) is 24.6 Å². The average Bonchev–Trinajstić information content (AvgIpc) is 3.36. The van der Waals surface area contributed by atoms with Crippen LogP contribution in [0.5, 0.6) is 0 Å². The van der Waals surface area contributed by atoms with Crippen LogP contribution in [0.15, 0.2) is 85.7 Å². The number of aryl methyl sites for hydroxylation is 2. The standard InChI is InChI=1S/C28H22F3N7O/c1-17-5-6-19(10-25(17)37-27-33-9-7-24(36-27)20-4-3-8-32-14-20)26(39)35-22-11-21(28(29,30)31)12-23(13-22)38-15-18(2)34-16-38/h3-16H,1-2H3,(H,35,39)(H,33,36,37)/i2D3,15D. The van der Waals surface area contributed by atoms with E-state index in [-0.39, 0.29) is 22.9 Å². The Hall–Kier alpha value is -5.06. The van der Waals surface area contributed by atoms with Crippen molar-refractivity contribution in [1.82, 2.24) is 24.5 Å². The van der Waals surface area contributed by atoms with Gasteiger partial charge in [0, 0.05) is 57.1 Å². The molecule has 8 nitrogen and oxygen atoms in total. The molecule has 11 heteroatoms. The molecule has 2 N–H and O–H groups in total. The van der Waals surface area contributed by atoms with Crippen LogP contribution in [0.1, 0.15) is 32.7 Å². The summed E-state index contributed by atoms with van der Waals surface area (Å²) in [5.74, 6) is -0.453. The Kier molecular flexibility index (Phi) is 5.56. The van der Waals surface area contributed by atoms with Crippen LogP contribution in [0.2, 0.25) is 0 Å². The molecule has 3 aromatic heterocycles. The van der Waals surface area contributed by atoms with Gasteiger partial charge < -0.3 is 15.2 Å². The summed E-state index contributed by atoms with van der Waals surface area (Å²) in [5.41, 5.74) is 0.681. The Morgan fingerprint density at radius 3 is 2.69 bits per heavy atom. The van der Waals surface area contributed by atoms with Crippen molar-refractivity contribution in [2.75, 3.05) is 10.6 Å². The lowest BCUT2D eigenvalue weighted by Crippen LogP contribution is -2.14. The summed E-state index contributed by atoms with van der Waals surface area (Å²) < 4.78 is 72.8. The minimum atomic E-state index is -4.80. The minimum Gasteiger partial charge on any atom is -0.324 e. The number of alkyl halides is 3. The van der Waals surface area contributed by atoms with Crippen LogP contribution < -0.4 is 10.6 Å². The fraction of sp³-hybridized carbons (Fsp3) is 0.107. The normalized spacial score (nSPS) is 13.1. The van der Waals surface area contributed by atoms with Gasteiger partial charge in [-0.25, -0.2) is 15.0 Å². The first-order valence-corrected chi connectivity index (χ1v) is 11.5. The Labute approximate surface area is 227 Å². The highest BCUT2D eigenvalue weighted by molar-refractivity contribution is 6.05. The van der Waals surface area contributed by atoms with E-state index in [2.05, 4.69) is 30.6 Å². The molecular formula is C28H22F3N7O. The number of hydrogen-bond donors (Lipinski definition) is 2. The Morgan fingerprint density at radius 1 is 1.08 bits per heavy atom. The van der Waals surface area contributed by atoms with E-state index in [1.54, 1.807) is 43.7 Å². The monoisotopic (exact) mass is 533 g/mol. The Balaban J connectivity index is 1.43. The number of amides is 1. The van der Waals surface area contributed by atoms with E-state index in [0.717, 1.165) is 34.2 Å². The van der Waals surface area contributed by atoms with Crippen LogP contribution >= 0.6 is 0 Å². The minimum absolute atomic E-state index is 0.129. The number of halogens is 3. The number of nitrogens with one attached hydrogen (secondary N) is 2. The molecule has 0 unspecified atom stereocenters. The SMILES string of the molecule is [2H]c1c(C([2H])([2H])[2H])ncn1-c1cc(NC(=O)c2ccc(C)c(Nc3nccc(-c4cccnc4)n3)c2)cc(C(F)(F)F)c1. The fourth-order valence-electron chi connectivity index (χ4n) is 3.72. The van der Waals surface area contributed by atoms with Gasteiger partial charge in [0.1, 0.15) is 0 Å². The third-order valence-corrected chi connectivity index (χ3v) is 5.67. The molecule has 0 aliphatic heterocycles. The van der Waals surface area contributed by atoms with E-state index in [9.17, 15) is 18.0 Å². The first-order valence-electron chi connectivity index (χ1n) is 13.5. The van der Waals surface area contributed by atoms with Gasteiger partial charge in [-0.15, -0.1) is 0 Å².